The summed E-state index contributed by atoms with van der Waals surface area (Å²) in [4.78, 5) is 38.1. The summed E-state index contributed by atoms with van der Waals surface area (Å²) >= 11 is 5.97. The molecular formula is C21H24ClN3O3. The molecule has 148 valence electrons. The molecule has 0 atom stereocenters. The molecule has 2 rings (SSSR count). The third kappa shape index (κ3) is 5.82. The molecule has 0 aliphatic carbocycles. The summed E-state index contributed by atoms with van der Waals surface area (Å²) < 4.78 is 0. The minimum Gasteiger partial charge on any atom is -0.351 e. The van der Waals surface area contributed by atoms with Gasteiger partial charge in [-0.15, -0.1) is 0 Å². The van der Waals surface area contributed by atoms with Gasteiger partial charge in [0.15, 0.2) is 0 Å². The van der Waals surface area contributed by atoms with Crippen LogP contribution >= 0.6 is 11.6 Å². The number of benzene rings is 2. The van der Waals surface area contributed by atoms with Crippen LogP contribution in [-0.4, -0.2) is 42.3 Å². The molecule has 7 heteroatoms. The van der Waals surface area contributed by atoms with Gasteiger partial charge in [0.25, 0.3) is 11.8 Å². The van der Waals surface area contributed by atoms with E-state index in [0.29, 0.717) is 34.9 Å². The number of amides is 3. The first-order valence-electron chi connectivity index (χ1n) is 9.18. The molecule has 6 nitrogen and oxygen atoms in total. The molecule has 0 aromatic heterocycles. The van der Waals surface area contributed by atoms with Crippen molar-refractivity contribution in [3.63, 3.8) is 0 Å². The van der Waals surface area contributed by atoms with Gasteiger partial charge in [0.1, 0.15) is 0 Å². The Labute approximate surface area is 169 Å². The minimum absolute atomic E-state index is 0.0369. The van der Waals surface area contributed by atoms with Crippen molar-refractivity contribution in [2.24, 2.45) is 0 Å². The van der Waals surface area contributed by atoms with Gasteiger partial charge in [0.05, 0.1) is 10.6 Å². The maximum absolute atomic E-state index is 12.3. The van der Waals surface area contributed by atoms with Crippen molar-refractivity contribution in [1.29, 1.82) is 0 Å². The third-order valence-electron chi connectivity index (χ3n) is 4.22. The van der Waals surface area contributed by atoms with Crippen molar-refractivity contribution < 1.29 is 14.4 Å². The van der Waals surface area contributed by atoms with E-state index in [-0.39, 0.29) is 30.7 Å². The standard InChI is InChI=1S/C21H24ClN3O3/c1-3-25(4-2)21(28)15-9-11-16(12-10-15)24-19(26)13-14-23-20(27)17-7-5-6-8-18(17)22/h5-12H,3-4,13-14H2,1-2H3,(H,23,27)(H,24,26). The smallest absolute Gasteiger partial charge is 0.253 e. The zero-order valence-electron chi connectivity index (χ0n) is 16.0. The summed E-state index contributed by atoms with van der Waals surface area (Å²) in [5.41, 5.74) is 1.55. The average molecular weight is 402 g/mol. The average Bonchev–Trinajstić information content (AvgIpc) is 2.69. The van der Waals surface area contributed by atoms with Gasteiger partial charge in [-0.05, 0) is 50.2 Å². The summed E-state index contributed by atoms with van der Waals surface area (Å²) in [6, 6.07) is 13.5. The predicted molar refractivity (Wildman–Crippen MR) is 111 cm³/mol. The summed E-state index contributed by atoms with van der Waals surface area (Å²) in [6.45, 7) is 5.34. The number of carbonyl (C=O) groups excluding carboxylic acids is 3. The highest BCUT2D eigenvalue weighted by atomic mass is 35.5. The zero-order chi connectivity index (χ0) is 20.5. The molecule has 28 heavy (non-hydrogen) atoms. The Kier molecular flexibility index (Phi) is 8.02. The molecule has 2 N–H and O–H groups in total. The first-order chi connectivity index (χ1) is 13.5. The lowest BCUT2D eigenvalue weighted by Gasteiger charge is -2.18. The van der Waals surface area contributed by atoms with Crippen LogP contribution in [0.4, 0.5) is 5.69 Å². The molecule has 0 spiro atoms. The molecule has 0 fully saturated rings. The van der Waals surface area contributed by atoms with Gasteiger partial charge >= 0.3 is 0 Å². The van der Waals surface area contributed by atoms with Crippen molar-refractivity contribution in [2.45, 2.75) is 20.3 Å². The summed E-state index contributed by atoms with van der Waals surface area (Å²) in [5, 5.41) is 5.79. The van der Waals surface area contributed by atoms with Gasteiger partial charge in [-0.2, -0.15) is 0 Å². The molecule has 0 unspecified atom stereocenters. The Morgan fingerprint density at radius 1 is 0.964 bits per heavy atom. The fraction of sp³-hybridized carbons (Fsp3) is 0.286. The maximum atomic E-state index is 12.3. The van der Waals surface area contributed by atoms with E-state index in [1.807, 2.05) is 13.8 Å². The molecule has 0 aliphatic rings. The monoisotopic (exact) mass is 401 g/mol. The summed E-state index contributed by atoms with van der Waals surface area (Å²) in [6.07, 6.45) is 0.121. The van der Waals surface area contributed by atoms with Gasteiger partial charge in [-0.1, -0.05) is 23.7 Å². The molecule has 0 radical (unpaired) electrons. The quantitative estimate of drug-likeness (QED) is 0.709. The number of halogens is 1. The minimum atomic E-state index is -0.322. The number of rotatable bonds is 8. The van der Waals surface area contributed by atoms with Gasteiger partial charge < -0.3 is 15.5 Å². The van der Waals surface area contributed by atoms with Crippen molar-refractivity contribution in [3.8, 4) is 0 Å². The normalized spacial score (nSPS) is 10.2. The molecular weight excluding hydrogens is 378 g/mol. The van der Waals surface area contributed by atoms with Crippen LogP contribution in [-0.2, 0) is 4.79 Å². The molecule has 0 saturated heterocycles. The van der Waals surface area contributed by atoms with Crippen LogP contribution in [0.3, 0.4) is 0 Å². The predicted octanol–water partition coefficient (Wildman–Crippen LogP) is 3.58. The molecule has 2 aromatic rings. The lowest BCUT2D eigenvalue weighted by Crippen LogP contribution is -2.30. The molecule has 2 aromatic carbocycles. The van der Waals surface area contributed by atoms with E-state index >= 15 is 0 Å². The largest absolute Gasteiger partial charge is 0.351 e. The van der Waals surface area contributed by atoms with Gasteiger partial charge in [0, 0.05) is 37.3 Å². The van der Waals surface area contributed by atoms with Crippen LogP contribution in [0, 0.1) is 0 Å². The fourth-order valence-electron chi connectivity index (χ4n) is 2.64. The van der Waals surface area contributed by atoms with E-state index in [0.717, 1.165) is 0 Å². The van der Waals surface area contributed by atoms with Crippen molar-refractivity contribution >= 4 is 35.0 Å². The Bertz CT molecular complexity index is 833. The number of hydrogen-bond donors (Lipinski definition) is 2. The highest BCUT2D eigenvalue weighted by Crippen LogP contribution is 2.14. The Morgan fingerprint density at radius 2 is 1.61 bits per heavy atom. The lowest BCUT2D eigenvalue weighted by atomic mass is 10.1. The highest BCUT2D eigenvalue weighted by Gasteiger charge is 2.13. The van der Waals surface area contributed by atoms with Crippen molar-refractivity contribution in [3.05, 3.63) is 64.7 Å². The summed E-state index contributed by atoms with van der Waals surface area (Å²) in [7, 11) is 0. The Morgan fingerprint density at radius 3 is 2.21 bits per heavy atom. The fourth-order valence-corrected chi connectivity index (χ4v) is 2.86. The van der Waals surface area contributed by atoms with Gasteiger partial charge in [-0.25, -0.2) is 0 Å². The zero-order valence-corrected chi connectivity index (χ0v) is 16.8. The SMILES string of the molecule is CCN(CC)C(=O)c1ccc(NC(=O)CCNC(=O)c2ccccc2Cl)cc1. The Balaban J connectivity index is 1.82. The molecule has 0 heterocycles. The van der Waals surface area contributed by atoms with Crippen LogP contribution in [0.15, 0.2) is 48.5 Å². The second-order valence-corrected chi connectivity index (χ2v) is 6.50. The van der Waals surface area contributed by atoms with E-state index in [4.69, 9.17) is 11.6 Å². The first kappa shape index (κ1) is 21.4. The van der Waals surface area contributed by atoms with Crippen LogP contribution in [0.2, 0.25) is 5.02 Å². The van der Waals surface area contributed by atoms with Crippen LogP contribution in [0.5, 0.6) is 0 Å². The third-order valence-corrected chi connectivity index (χ3v) is 4.55. The molecule has 0 bridgehead atoms. The number of anilines is 1. The first-order valence-corrected chi connectivity index (χ1v) is 9.56. The van der Waals surface area contributed by atoms with E-state index in [2.05, 4.69) is 10.6 Å². The lowest BCUT2D eigenvalue weighted by molar-refractivity contribution is -0.116. The van der Waals surface area contributed by atoms with Gasteiger partial charge in [-0.3, -0.25) is 14.4 Å². The highest BCUT2D eigenvalue weighted by molar-refractivity contribution is 6.33. The van der Waals surface area contributed by atoms with E-state index in [1.54, 1.807) is 53.4 Å². The van der Waals surface area contributed by atoms with E-state index in [1.165, 1.54) is 0 Å². The number of nitrogens with zero attached hydrogens (tertiary/aromatic N) is 1. The number of hydrogen-bond acceptors (Lipinski definition) is 3. The molecule has 0 aliphatic heterocycles. The molecule has 3 amide bonds. The van der Waals surface area contributed by atoms with E-state index in [9.17, 15) is 14.4 Å². The molecule has 0 saturated carbocycles. The summed E-state index contributed by atoms with van der Waals surface area (Å²) in [5.74, 6) is -0.592. The van der Waals surface area contributed by atoms with Crippen LogP contribution in [0.1, 0.15) is 41.0 Å². The van der Waals surface area contributed by atoms with Crippen LogP contribution in [0.25, 0.3) is 0 Å². The van der Waals surface area contributed by atoms with Gasteiger partial charge in [0.2, 0.25) is 5.91 Å². The Hall–Kier alpha value is -2.86. The maximum Gasteiger partial charge on any atom is 0.253 e. The topological polar surface area (TPSA) is 78.5 Å². The van der Waals surface area contributed by atoms with Crippen molar-refractivity contribution in [2.75, 3.05) is 25.0 Å². The second-order valence-electron chi connectivity index (χ2n) is 6.09. The second kappa shape index (κ2) is 10.5. The number of nitrogens with one attached hydrogen (secondary N) is 2. The van der Waals surface area contributed by atoms with Crippen molar-refractivity contribution in [1.82, 2.24) is 10.2 Å². The van der Waals surface area contributed by atoms with Crippen LogP contribution < -0.4 is 10.6 Å². The number of carbonyl (C=O) groups is 3. The van der Waals surface area contributed by atoms with E-state index < -0.39 is 0 Å².